The van der Waals surface area contributed by atoms with E-state index in [0.29, 0.717) is 19.1 Å². The van der Waals surface area contributed by atoms with Crippen molar-refractivity contribution in [1.82, 2.24) is 5.32 Å². The molecule has 0 aliphatic carbocycles. The maximum Gasteiger partial charge on any atom is 0.254 e. The summed E-state index contributed by atoms with van der Waals surface area (Å²) in [5, 5.41) is 2.67. The fourth-order valence-corrected chi connectivity index (χ4v) is 2.61. The maximum absolute atomic E-state index is 13.5. The second-order valence-corrected chi connectivity index (χ2v) is 5.44. The van der Waals surface area contributed by atoms with E-state index >= 15 is 0 Å². The minimum absolute atomic E-state index is 0.104. The Bertz CT molecular complexity index is 491. The second-order valence-electron chi connectivity index (χ2n) is 5.44. The van der Waals surface area contributed by atoms with Crippen molar-refractivity contribution in [2.45, 2.75) is 26.4 Å². The minimum atomic E-state index is -1.10. The van der Waals surface area contributed by atoms with Gasteiger partial charge in [-0.3, -0.25) is 4.79 Å². The van der Waals surface area contributed by atoms with Crippen molar-refractivity contribution in [3.63, 3.8) is 0 Å². The van der Waals surface area contributed by atoms with Gasteiger partial charge in [-0.2, -0.15) is 0 Å². The first-order valence-electron chi connectivity index (χ1n) is 6.84. The first-order chi connectivity index (χ1) is 9.50. The highest BCUT2D eigenvalue weighted by molar-refractivity contribution is 5.94. The van der Waals surface area contributed by atoms with Gasteiger partial charge in [0.2, 0.25) is 0 Å². The summed E-state index contributed by atoms with van der Waals surface area (Å²) in [7, 11) is 0. The molecule has 0 aromatic heterocycles. The van der Waals surface area contributed by atoms with E-state index in [1.54, 1.807) is 0 Å². The van der Waals surface area contributed by atoms with Crippen LogP contribution in [0.15, 0.2) is 18.2 Å². The average Bonchev–Trinajstić information content (AvgIpc) is 2.87. The molecule has 0 saturated carbocycles. The Hall–Kier alpha value is -1.49. The van der Waals surface area contributed by atoms with Crippen LogP contribution in [-0.2, 0) is 4.74 Å². The van der Waals surface area contributed by atoms with Crippen LogP contribution < -0.4 is 5.32 Å². The zero-order valence-electron chi connectivity index (χ0n) is 11.7. The van der Waals surface area contributed by atoms with E-state index in [2.05, 4.69) is 19.2 Å². The number of rotatable bonds is 4. The molecule has 2 unspecified atom stereocenters. The van der Waals surface area contributed by atoms with E-state index in [-0.39, 0.29) is 17.6 Å². The van der Waals surface area contributed by atoms with E-state index in [4.69, 9.17) is 4.74 Å². The monoisotopic (exact) mass is 283 g/mol. The zero-order chi connectivity index (χ0) is 14.7. The van der Waals surface area contributed by atoms with Gasteiger partial charge < -0.3 is 10.1 Å². The number of hydrogen-bond donors (Lipinski definition) is 1. The Labute approximate surface area is 117 Å². The number of benzene rings is 1. The van der Waals surface area contributed by atoms with Gasteiger partial charge in [-0.1, -0.05) is 19.9 Å². The van der Waals surface area contributed by atoms with Crippen molar-refractivity contribution in [2.24, 2.45) is 11.8 Å². The number of amides is 1. The normalized spacial score (nSPS) is 22.2. The van der Waals surface area contributed by atoms with Gasteiger partial charge in [-0.25, -0.2) is 8.78 Å². The van der Waals surface area contributed by atoms with Crippen LogP contribution >= 0.6 is 0 Å². The molecule has 1 saturated heterocycles. The third kappa shape index (κ3) is 3.15. The summed E-state index contributed by atoms with van der Waals surface area (Å²) in [6, 6.07) is 3.59. The lowest BCUT2D eigenvalue weighted by Gasteiger charge is -2.22. The highest BCUT2D eigenvalue weighted by Crippen LogP contribution is 2.26. The van der Waals surface area contributed by atoms with Crippen LogP contribution in [-0.4, -0.2) is 25.2 Å². The second kappa shape index (κ2) is 6.31. The van der Waals surface area contributed by atoms with Gasteiger partial charge in [-0.15, -0.1) is 0 Å². The Morgan fingerprint density at radius 2 is 2.20 bits per heavy atom. The van der Waals surface area contributed by atoms with Gasteiger partial charge in [-0.05, 0) is 24.5 Å². The third-order valence-corrected chi connectivity index (χ3v) is 3.64. The molecule has 1 heterocycles. The largest absolute Gasteiger partial charge is 0.378 e. The lowest BCUT2D eigenvalue weighted by molar-refractivity contribution is 0.0533. The molecule has 0 bridgehead atoms. The molecule has 20 heavy (non-hydrogen) atoms. The Morgan fingerprint density at radius 1 is 1.45 bits per heavy atom. The van der Waals surface area contributed by atoms with Crippen molar-refractivity contribution in [3.8, 4) is 0 Å². The van der Waals surface area contributed by atoms with Crippen LogP contribution in [0.1, 0.15) is 30.6 Å². The van der Waals surface area contributed by atoms with Gasteiger partial charge in [0, 0.05) is 19.1 Å². The topological polar surface area (TPSA) is 38.3 Å². The number of hydrogen-bond acceptors (Lipinski definition) is 2. The first-order valence-corrected chi connectivity index (χ1v) is 6.84. The first kappa shape index (κ1) is 14.9. The maximum atomic E-state index is 13.5. The zero-order valence-corrected chi connectivity index (χ0v) is 11.7. The summed E-state index contributed by atoms with van der Waals surface area (Å²) in [5.41, 5.74) is -0.259. The van der Waals surface area contributed by atoms with Crippen molar-refractivity contribution in [1.29, 1.82) is 0 Å². The lowest BCUT2D eigenvalue weighted by atomic mass is 9.93. The summed E-state index contributed by atoms with van der Waals surface area (Å²) < 4.78 is 32.2. The molecular formula is C15H19F2NO2. The molecule has 0 radical (unpaired) electrons. The van der Waals surface area contributed by atoms with Crippen LogP contribution in [0.3, 0.4) is 0 Å². The van der Waals surface area contributed by atoms with Gasteiger partial charge >= 0.3 is 0 Å². The number of nitrogens with one attached hydrogen (secondary N) is 1. The Balaban J connectivity index is 1.97. The van der Waals surface area contributed by atoms with Crippen molar-refractivity contribution >= 4 is 5.91 Å². The Morgan fingerprint density at radius 3 is 2.90 bits per heavy atom. The highest BCUT2D eigenvalue weighted by atomic mass is 19.2. The molecule has 110 valence electrons. The van der Waals surface area contributed by atoms with Gasteiger partial charge in [0.1, 0.15) is 0 Å². The fraction of sp³-hybridized carbons (Fsp3) is 0.533. The summed E-state index contributed by atoms with van der Waals surface area (Å²) >= 11 is 0. The number of halogens is 2. The molecular weight excluding hydrogens is 264 g/mol. The van der Waals surface area contributed by atoms with E-state index in [0.717, 1.165) is 12.5 Å². The van der Waals surface area contributed by atoms with Crippen LogP contribution in [0.25, 0.3) is 0 Å². The average molecular weight is 283 g/mol. The molecule has 1 amide bonds. The smallest absolute Gasteiger partial charge is 0.254 e. The van der Waals surface area contributed by atoms with Crippen molar-refractivity contribution < 1.29 is 18.3 Å². The molecule has 0 spiro atoms. The standard InChI is InChI=1S/C15H19F2NO2/c1-9(2)14-10(6-7-20-14)8-18-15(19)11-4-3-5-12(16)13(11)17/h3-5,9-10,14H,6-8H2,1-2H3,(H,18,19). The molecule has 1 aromatic rings. The van der Waals surface area contributed by atoms with Crippen LogP contribution in [0.5, 0.6) is 0 Å². The highest BCUT2D eigenvalue weighted by Gasteiger charge is 2.31. The summed E-state index contributed by atoms with van der Waals surface area (Å²) in [6.07, 6.45) is 0.974. The molecule has 3 nitrogen and oxygen atoms in total. The van der Waals surface area contributed by atoms with Crippen LogP contribution in [0, 0.1) is 23.5 Å². The molecule has 1 aliphatic heterocycles. The predicted molar refractivity (Wildman–Crippen MR) is 71.4 cm³/mol. The summed E-state index contributed by atoms with van der Waals surface area (Å²) in [4.78, 5) is 11.9. The third-order valence-electron chi connectivity index (χ3n) is 3.64. The van der Waals surface area contributed by atoms with Crippen LogP contribution in [0.4, 0.5) is 8.78 Å². The van der Waals surface area contributed by atoms with Gasteiger partial charge in [0.15, 0.2) is 11.6 Å². The molecule has 1 aliphatic rings. The molecule has 2 atom stereocenters. The van der Waals surface area contributed by atoms with E-state index in [1.807, 2.05) is 0 Å². The van der Waals surface area contributed by atoms with Gasteiger partial charge in [0.25, 0.3) is 5.91 Å². The number of ether oxygens (including phenoxy) is 1. The summed E-state index contributed by atoms with van der Waals surface area (Å²) in [5.74, 6) is -2.12. The Kier molecular flexibility index (Phi) is 4.70. The van der Waals surface area contributed by atoms with E-state index < -0.39 is 17.5 Å². The van der Waals surface area contributed by atoms with Crippen LogP contribution in [0.2, 0.25) is 0 Å². The van der Waals surface area contributed by atoms with E-state index in [9.17, 15) is 13.6 Å². The SMILES string of the molecule is CC(C)C1OCCC1CNC(=O)c1cccc(F)c1F. The molecule has 1 N–H and O–H groups in total. The minimum Gasteiger partial charge on any atom is -0.378 e. The molecule has 5 heteroatoms. The quantitative estimate of drug-likeness (QED) is 0.922. The van der Waals surface area contributed by atoms with E-state index in [1.165, 1.54) is 12.1 Å². The fourth-order valence-electron chi connectivity index (χ4n) is 2.61. The summed E-state index contributed by atoms with van der Waals surface area (Å²) in [6.45, 7) is 5.23. The number of carbonyl (C=O) groups is 1. The molecule has 2 rings (SSSR count). The molecule has 1 fully saturated rings. The van der Waals surface area contributed by atoms with Crippen molar-refractivity contribution in [2.75, 3.05) is 13.2 Å². The lowest BCUT2D eigenvalue weighted by Crippen LogP contribution is -2.35. The van der Waals surface area contributed by atoms with Crippen molar-refractivity contribution in [3.05, 3.63) is 35.4 Å². The number of carbonyl (C=O) groups excluding carboxylic acids is 1. The molecule has 1 aromatic carbocycles. The van der Waals surface area contributed by atoms with Gasteiger partial charge in [0.05, 0.1) is 11.7 Å². The predicted octanol–water partition coefficient (Wildman–Crippen LogP) is 2.76.